The maximum atomic E-state index is 14.1. The van der Waals surface area contributed by atoms with E-state index in [-0.39, 0.29) is 12.2 Å². The Labute approximate surface area is 164 Å². The molecule has 0 unspecified atom stereocenters. The zero-order chi connectivity index (χ0) is 20.1. The minimum atomic E-state index is -1.11. The minimum Gasteiger partial charge on any atom is -0.289 e. The predicted molar refractivity (Wildman–Crippen MR) is 102 cm³/mol. The molecule has 4 nitrogen and oxygen atoms in total. The largest absolute Gasteiger partial charge is 0.289 e. The number of nitrogens with one attached hydrogen (secondary N) is 1. The first-order valence-electron chi connectivity index (χ1n) is 8.81. The van der Waals surface area contributed by atoms with Crippen molar-refractivity contribution >= 4 is 17.2 Å². The van der Waals surface area contributed by atoms with Gasteiger partial charge in [-0.25, -0.2) is 19.2 Å². The van der Waals surface area contributed by atoms with Crippen LogP contribution < -0.4 is 5.48 Å². The van der Waals surface area contributed by atoms with E-state index in [9.17, 15) is 18.8 Å². The number of hydrogen-bond acceptors (Lipinski definition) is 4. The van der Waals surface area contributed by atoms with Gasteiger partial charge in [0.05, 0.1) is 11.1 Å². The van der Waals surface area contributed by atoms with E-state index in [0.29, 0.717) is 17.5 Å². The highest BCUT2D eigenvalue weighted by molar-refractivity contribution is 7.15. The van der Waals surface area contributed by atoms with Gasteiger partial charge in [0.1, 0.15) is 16.6 Å². The van der Waals surface area contributed by atoms with Crippen LogP contribution in [0.2, 0.25) is 0 Å². The smallest absolute Gasteiger partial charge is 0.254 e. The van der Waals surface area contributed by atoms with Crippen molar-refractivity contribution in [3.05, 3.63) is 75.3 Å². The van der Waals surface area contributed by atoms with Gasteiger partial charge in [-0.05, 0) is 54.8 Å². The van der Waals surface area contributed by atoms with Gasteiger partial charge in [-0.3, -0.25) is 10.0 Å². The third-order valence-electron chi connectivity index (χ3n) is 5.45. The lowest BCUT2D eigenvalue weighted by Crippen LogP contribution is -2.44. The highest BCUT2D eigenvalue weighted by atomic mass is 32.1. The number of carbonyl (C=O) groups is 1. The Balaban J connectivity index is 1.77. The molecule has 2 aromatic carbocycles. The fourth-order valence-corrected chi connectivity index (χ4v) is 5.25. The summed E-state index contributed by atoms with van der Waals surface area (Å²) in [5.41, 5.74) is 3.96. The minimum absolute atomic E-state index is 0.260. The topological polar surface area (TPSA) is 62.2 Å². The summed E-state index contributed by atoms with van der Waals surface area (Å²) in [6, 6.07) is 9.19. The third kappa shape index (κ3) is 2.82. The lowest BCUT2D eigenvalue weighted by Gasteiger charge is -2.28. The van der Waals surface area contributed by atoms with Crippen LogP contribution in [0.15, 0.2) is 36.4 Å². The number of hydrogen-bond donors (Lipinski definition) is 2. The maximum absolute atomic E-state index is 14.1. The van der Waals surface area contributed by atoms with Crippen LogP contribution in [-0.4, -0.2) is 16.1 Å². The Hall–Kier alpha value is -2.64. The molecule has 0 fully saturated rings. The molecule has 144 valence electrons. The number of aromatic nitrogens is 1. The molecular weight excluding hydrogens is 382 g/mol. The van der Waals surface area contributed by atoms with E-state index >= 15 is 0 Å². The van der Waals surface area contributed by atoms with Crippen LogP contribution in [0.1, 0.15) is 27.3 Å². The van der Waals surface area contributed by atoms with Gasteiger partial charge in [0.2, 0.25) is 0 Å². The van der Waals surface area contributed by atoms with Crippen LogP contribution in [0.5, 0.6) is 0 Å². The molecule has 2 N–H and O–H groups in total. The van der Waals surface area contributed by atoms with Crippen molar-refractivity contribution in [1.29, 1.82) is 0 Å². The van der Waals surface area contributed by atoms with Gasteiger partial charge in [0.15, 0.2) is 0 Å². The van der Waals surface area contributed by atoms with Gasteiger partial charge < -0.3 is 0 Å². The lowest BCUT2D eigenvalue weighted by atomic mass is 9.75. The van der Waals surface area contributed by atoms with Crippen molar-refractivity contribution in [3.63, 3.8) is 0 Å². The van der Waals surface area contributed by atoms with Gasteiger partial charge in [0.25, 0.3) is 5.91 Å². The van der Waals surface area contributed by atoms with E-state index in [1.54, 1.807) is 30.6 Å². The van der Waals surface area contributed by atoms with Crippen LogP contribution in [0.4, 0.5) is 8.78 Å². The molecule has 28 heavy (non-hydrogen) atoms. The van der Waals surface area contributed by atoms with Crippen molar-refractivity contribution in [2.45, 2.75) is 32.1 Å². The van der Waals surface area contributed by atoms with Crippen LogP contribution in [0, 0.1) is 25.5 Å². The number of nitrogens with zero attached hydrogens (tertiary/aromatic N) is 1. The van der Waals surface area contributed by atoms with Gasteiger partial charge in [0, 0.05) is 23.3 Å². The summed E-state index contributed by atoms with van der Waals surface area (Å²) < 4.78 is 27.5. The highest BCUT2D eigenvalue weighted by Crippen LogP contribution is 2.45. The molecule has 0 bridgehead atoms. The average Bonchev–Trinajstić information content (AvgIpc) is 3.20. The van der Waals surface area contributed by atoms with Gasteiger partial charge in [-0.2, -0.15) is 0 Å². The first kappa shape index (κ1) is 18.7. The molecule has 7 heteroatoms. The summed E-state index contributed by atoms with van der Waals surface area (Å²) in [7, 11) is 0. The Bertz CT molecular complexity index is 1070. The number of hydroxylamine groups is 1. The zero-order valence-electron chi connectivity index (χ0n) is 15.3. The fraction of sp³-hybridized carbons (Fsp3) is 0.238. The first-order chi connectivity index (χ1) is 13.4. The molecule has 1 aromatic heterocycles. The van der Waals surface area contributed by atoms with Gasteiger partial charge in [-0.15, -0.1) is 11.3 Å². The number of carbonyl (C=O) groups excluding carboxylic acids is 1. The van der Waals surface area contributed by atoms with E-state index in [1.165, 1.54) is 29.5 Å². The number of fused-ring (bicyclic) bond motifs is 1. The molecule has 0 aliphatic heterocycles. The summed E-state index contributed by atoms with van der Waals surface area (Å²) in [5.74, 6) is -1.27. The van der Waals surface area contributed by atoms with Crippen LogP contribution in [-0.2, 0) is 23.1 Å². The first-order valence-corrected chi connectivity index (χ1v) is 9.62. The summed E-state index contributed by atoms with van der Waals surface area (Å²) in [5, 5.41) is 10.1. The van der Waals surface area contributed by atoms with Crippen LogP contribution in [0.25, 0.3) is 10.6 Å². The number of halogens is 2. The standard InChI is InChI=1S/C21H18F2N2O2S/c1-11-8-13(22)6-7-14(11)19-24-17-9-21(20(26)25-27,10-18(17)28-19)15-4-3-5-16(23)12(15)2/h3-8,27H,9-10H2,1-2H3,(H,25,26)/t21-/m1/s1. The Morgan fingerprint density at radius 2 is 2.00 bits per heavy atom. The van der Waals surface area contributed by atoms with Crippen molar-refractivity contribution in [2.75, 3.05) is 0 Å². The Morgan fingerprint density at radius 3 is 2.68 bits per heavy atom. The zero-order valence-corrected chi connectivity index (χ0v) is 16.2. The fourth-order valence-electron chi connectivity index (χ4n) is 3.97. The molecule has 0 radical (unpaired) electrons. The molecule has 0 saturated carbocycles. The SMILES string of the molecule is Cc1cc(F)ccc1-c1nc2c(s1)C[C@@](C(=O)NO)(c1cccc(F)c1C)C2. The van der Waals surface area contributed by atoms with Crippen molar-refractivity contribution in [2.24, 2.45) is 0 Å². The molecule has 3 aromatic rings. The van der Waals surface area contributed by atoms with Gasteiger partial charge in [-0.1, -0.05) is 12.1 Å². The second-order valence-corrected chi connectivity index (χ2v) is 8.22. The van der Waals surface area contributed by atoms with Crippen molar-refractivity contribution in [1.82, 2.24) is 10.5 Å². The van der Waals surface area contributed by atoms with Gasteiger partial charge >= 0.3 is 0 Å². The molecule has 1 aliphatic carbocycles. The number of rotatable bonds is 3. The van der Waals surface area contributed by atoms with E-state index in [1.807, 2.05) is 6.92 Å². The predicted octanol–water partition coefficient (Wildman–Crippen LogP) is 4.25. The number of thiazole rings is 1. The average molecular weight is 400 g/mol. The summed E-state index contributed by atoms with van der Waals surface area (Å²) in [4.78, 5) is 18.3. The molecule has 1 aliphatic rings. The van der Waals surface area contributed by atoms with Crippen molar-refractivity contribution in [3.8, 4) is 10.6 Å². The molecule has 1 heterocycles. The van der Waals surface area contributed by atoms with E-state index < -0.39 is 17.1 Å². The number of amides is 1. The normalized spacial score (nSPS) is 18.2. The number of benzene rings is 2. The second kappa shape index (κ2) is 6.76. The lowest BCUT2D eigenvalue weighted by molar-refractivity contribution is -0.135. The number of aryl methyl sites for hydroxylation is 1. The highest BCUT2D eigenvalue weighted by Gasteiger charge is 2.48. The third-order valence-corrected chi connectivity index (χ3v) is 6.58. The second-order valence-electron chi connectivity index (χ2n) is 7.14. The monoisotopic (exact) mass is 400 g/mol. The molecule has 1 atom stereocenters. The molecular formula is C21H18F2N2O2S. The Morgan fingerprint density at radius 1 is 1.21 bits per heavy atom. The summed E-state index contributed by atoms with van der Waals surface area (Å²) in [6.07, 6.45) is 0.576. The molecule has 0 saturated heterocycles. The van der Waals surface area contributed by atoms with E-state index in [0.717, 1.165) is 26.7 Å². The molecule has 4 rings (SSSR count). The Kier molecular flexibility index (Phi) is 4.51. The quantitative estimate of drug-likeness (QED) is 0.510. The maximum Gasteiger partial charge on any atom is 0.254 e. The van der Waals surface area contributed by atoms with Crippen LogP contribution >= 0.6 is 11.3 Å². The summed E-state index contributed by atoms with van der Waals surface area (Å²) >= 11 is 1.44. The van der Waals surface area contributed by atoms with Crippen LogP contribution in [0.3, 0.4) is 0 Å². The molecule has 1 amide bonds. The van der Waals surface area contributed by atoms with Crippen molar-refractivity contribution < 1.29 is 18.8 Å². The van der Waals surface area contributed by atoms with E-state index in [4.69, 9.17) is 0 Å². The summed E-state index contributed by atoms with van der Waals surface area (Å²) in [6.45, 7) is 3.45. The van der Waals surface area contributed by atoms with E-state index in [2.05, 4.69) is 4.98 Å². The molecule has 0 spiro atoms.